The van der Waals surface area contributed by atoms with Gasteiger partial charge >= 0.3 is 0 Å². The zero-order chi connectivity index (χ0) is 17.3. The normalized spacial score (nSPS) is 16.3. The summed E-state index contributed by atoms with van der Waals surface area (Å²) in [6.07, 6.45) is 0.0789. The lowest BCUT2D eigenvalue weighted by molar-refractivity contribution is -0.134. The van der Waals surface area contributed by atoms with Crippen LogP contribution in [0.5, 0.6) is 0 Å². The number of carbonyl (C=O) groups excluding carboxylic acids is 2. The molecule has 2 amide bonds. The quantitative estimate of drug-likeness (QED) is 0.941. The molecule has 4 nitrogen and oxygen atoms in total. The Morgan fingerprint density at radius 1 is 1.29 bits per heavy atom. The van der Waals surface area contributed by atoms with E-state index in [0.29, 0.717) is 17.8 Å². The zero-order valence-corrected chi connectivity index (χ0v) is 13.7. The first-order chi connectivity index (χ1) is 11.5. The molecule has 24 heavy (non-hydrogen) atoms. The number of amides is 2. The number of nitrogens with one attached hydrogen (secondary N) is 1. The summed E-state index contributed by atoms with van der Waals surface area (Å²) in [5, 5.41) is 2.63. The Balaban J connectivity index is 1.85. The van der Waals surface area contributed by atoms with Crippen molar-refractivity contribution in [1.82, 2.24) is 4.90 Å². The highest BCUT2D eigenvalue weighted by molar-refractivity contribution is 6.01. The second-order valence-corrected chi connectivity index (χ2v) is 6.16. The minimum Gasteiger partial charge on any atom is -0.341 e. The molecule has 0 fully saturated rings. The minimum absolute atomic E-state index is 0.0789. The van der Waals surface area contributed by atoms with E-state index in [1.165, 1.54) is 12.1 Å². The lowest BCUT2D eigenvalue weighted by atomic mass is 9.89. The minimum atomic E-state index is -0.580. The van der Waals surface area contributed by atoms with E-state index in [2.05, 4.69) is 5.32 Å². The fraction of sp³-hybridized carbons (Fsp3) is 0.263. The van der Waals surface area contributed by atoms with Crippen LogP contribution >= 0.6 is 0 Å². The number of rotatable bonds is 3. The Bertz CT molecular complexity index is 804. The van der Waals surface area contributed by atoms with E-state index < -0.39 is 11.7 Å². The van der Waals surface area contributed by atoms with Crippen LogP contribution in [0.4, 0.5) is 10.1 Å². The first kappa shape index (κ1) is 16.2. The Hall–Kier alpha value is -2.69. The van der Waals surface area contributed by atoms with Crippen LogP contribution in [0.2, 0.25) is 0 Å². The molecule has 1 unspecified atom stereocenters. The average molecular weight is 326 g/mol. The maximum absolute atomic E-state index is 13.4. The SMILES string of the molecule is Cc1ccccc1CN(C)C(=O)C1CC(=O)Nc2cc(F)ccc21. The van der Waals surface area contributed by atoms with Gasteiger partial charge in [-0.2, -0.15) is 0 Å². The van der Waals surface area contributed by atoms with Crippen molar-refractivity contribution in [3.05, 3.63) is 65.0 Å². The van der Waals surface area contributed by atoms with E-state index in [0.717, 1.165) is 11.1 Å². The van der Waals surface area contributed by atoms with Crippen LogP contribution < -0.4 is 5.32 Å². The van der Waals surface area contributed by atoms with Gasteiger partial charge < -0.3 is 10.2 Å². The van der Waals surface area contributed by atoms with Gasteiger partial charge in [-0.15, -0.1) is 0 Å². The molecular formula is C19H19FN2O2. The topological polar surface area (TPSA) is 49.4 Å². The molecule has 1 N–H and O–H groups in total. The molecule has 0 radical (unpaired) electrons. The monoisotopic (exact) mass is 326 g/mol. The van der Waals surface area contributed by atoms with E-state index >= 15 is 0 Å². The van der Waals surface area contributed by atoms with E-state index in [1.54, 1.807) is 18.0 Å². The van der Waals surface area contributed by atoms with E-state index in [4.69, 9.17) is 0 Å². The number of aryl methyl sites for hydroxylation is 1. The average Bonchev–Trinajstić information content (AvgIpc) is 2.55. The van der Waals surface area contributed by atoms with Crippen LogP contribution in [0.15, 0.2) is 42.5 Å². The fourth-order valence-electron chi connectivity index (χ4n) is 3.04. The first-order valence-electron chi connectivity index (χ1n) is 7.84. The van der Waals surface area contributed by atoms with E-state index in [1.807, 2.05) is 31.2 Å². The molecule has 2 aromatic rings. The highest BCUT2D eigenvalue weighted by Crippen LogP contribution is 2.34. The molecule has 0 aliphatic carbocycles. The van der Waals surface area contributed by atoms with Gasteiger partial charge in [0.2, 0.25) is 11.8 Å². The number of benzene rings is 2. The van der Waals surface area contributed by atoms with E-state index in [-0.39, 0.29) is 18.2 Å². The molecule has 124 valence electrons. The van der Waals surface area contributed by atoms with Gasteiger partial charge in [-0.1, -0.05) is 30.3 Å². The molecule has 5 heteroatoms. The third kappa shape index (κ3) is 3.15. The molecule has 0 aromatic heterocycles. The van der Waals surface area contributed by atoms with Gasteiger partial charge in [0.05, 0.1) is 5.92 Å². The standard InChI is InChI=1S/C19H19FN2O2/c1-12-5-3-4-6-13(12)11-22(2)19(24)16-10-18(23)21-17-9-14(20)7-8-15(16)17/h3-9,16H,10-11H2,1-2H3,(H,21,23). The molecular weight excluding hydrogens is 307 g/mol. The van der Waals surface area contributed by atoms with Crippen LogP contribution in [0, 0.1) is 12.7 Å². The van der Waals surface area contributed by atoms with Crippen molar-refractivity contribution in [2.45, 2.75) is 25.8 Å². The second-order valence-electron chi connectivity index (χ2n) is 6.16. The smallest absolute Gasteiger partial charge is 0.230 e. The molecule has 1 aliphatic heterocycles. The second kappa shape index (κ2) is 6.43. The van der Waals surface area contributed by atoms with Crippen LogP contribution in [-0.2, 0) is 16.1 Å². The molecule has 0 bridgehead atoms. The summed E-state index contributed by atoms with van der Waals surface area (Å²) >= 11 is 0. The Morgan fingerprint density at radius 3 is 2.79 bits per heavy atom. The van der Waals surface area contributed by atoms with Crippen molar-refractivity contribution in [2.75, 3.05) is 12.4 Å². The summed E-state index contributed by atoms with van der Waals surface area (Å²) in [5.41, 5.74) is 3.22. The predicted molar refractivity (Wildman–Crippen MR) is 90.0 cm³/mol. The fourth-order valence-corrected chi connectivity index (χ4v) is 3.04. The highest BCUT2D eigenvalue weighted by Gasteiger charge is 2.32. The van der Waals surface area contributed by atoms with Gasteiger partial charge in [-0.25, -0.2) is 4.39 Å². The summed E-state index contributed by atoms with van der Waals surface area (Å²) in [7, 11) is 1.73. The van der Waals surface area contributed by atoms with Crippen LogP contribution in [0.1, 0.15) is 29.0 Å². The third-order valence-corrected chi connectivity index (χ3v) is 4.40. The van der Waals surface area contributed by atoms with Crippen molar-refractivity contribution >= 4 is 17.5 Å². The van der Waals surface area contributed by atoms with Crippen LogP contribution in [-0.4, -0.2) is 23.8 Å². The molecule has 1 aliphatic rings. The van der Waals surface area contributed by atoms with Gasteiger partial charge in [0.1, 0.15) is 5.82 Å². The Morgan fingerprint density at radius 2 is 2.04 bits per heavy atom. The van der Waals surface area contributed by atoms with Crippen molar-refractivity contribution in [3.8, 4) is 0 Å². The molecule has 2 aromatic carbocycles. The maximum atomic E-state index is 13.4. The van der Waals surface area contributed by atoms with Gasteiger partial charge in [0.25, 0.3) is 0 Å². The number of hydrogen-bond acceptors (Lipinski definition) is 2. The van der Waals surface area contributed by atoms with Gasteiger partial charge in [-0.05, 0) is 35.7 Å². The van der Waals surface area contributed by atoms with Gasteiger partial charge in [-0.3, -0.25) is 9.59 Å². The number of carbonyl (C=O) groups is 2. The predicted octanol–water partition coefficient (Wildman–Crippen LogP) is 3.22. The number of nitrogens with zero attached hydrogens (tertiary/aromatic N) is 1. The lowest BCUT2D eigenvalue weighted by Gasteiger charge is -2.29. The third-order valence-electron chi connectivity index (χ3n) is 4.40. The molecule has 0 saturated heterocycles. The lowest BCUT2D eigenvalue weighted by Crippen LogP contribution is -2.36. The molecule has 0 spiro atoms. The van der Waals surface area contributed by atoms with Crippen molar-refractivity contribution in [3.63, 3.8) is 0 Å². The molecule has 1 atom stereocenters. The summed E-state index contributed by atoms with van der Waals surface area (Å²) in [5.74, 6) is -1.42. The van der Waals surface area contributed by atoms with Crippen LogP contribution in [0.3, 0.4) is 0 Å². The molecule has 0 saturated carbocycles. The van der Waals surface area contributed by atoms with Crippen molar-refractivity contribution in [2.24, 2.45) is 0 Å². The van der Waals surface area contributed by atoms with Crippen molar-refractivity contribution < 1.29 is 14.0 Å². The Labute approximate surface area is 140 Å². The summed E-state index contributed by atoms with van der Waals surface area (Å²) < 4.78 is 13.4. The van der Waals surface area contributed by atoms with E-state index in [9.17, 15) is 14.0 Å². The number of anilines is 1. The first-order valence-corrected chi connectivity index (χ1v) is 7.84. The van der Waals surface area contributed by atoms with Crippen molar-refractivity contribution in [1.29, 1.82) is 0 Å². The number of hydrogen-bond donors (Lipinski definition) is 1. The highest BCUT2D eigenvalue weighted by atomic mass is 19.1. The van der Waals surface area contributed by atoms with Gasteiger partial charge in [0.15, 0.2) is 0 Å². The number of likely N-dealkylation sites (N-methyl/N-ethyl adjacent to an activating group) is 1. The van der Waals surface area contributed by atoms with Crippen LogP contribution in [0.25, 0.3) is 0 Å². The molecule has 3 rings (SSSR count). The van der Waals surface area contributed by atoms with Gasteiger partial charge in [0, 0.05) is 25.7 Å². The largest absolute Gasteiger partial charge is 0.341 e. The Kier molecular flexibility index (Phi) is 4.34. The number of fused-ring (bicyclic) bond motifs is 1. The summed E-state index contributed by atoms with van der Waals surface area (Å²) in [6.45, 7) is 2.47. The maximum Gasteiger partial charge on any atom is 0.230 e. The molecule has 1 heterocycles. The zero-order valence-electron chi connectivity index (χ0n) is 13.7. The number of halogens is 1. The summed E-state index contributed by atoms with van der Waals surface area (Å²) in [4.78, 5) is 26.4. The summed E-state index contributed by atoms with van der Waals surface area (Å²) in [6, 6.07) is 12.0.